The van der Waals surface area contributed by atoms with Gasteiger partial charge in [0, 0.05) is 22.3 Å². The minimum absolute atomic E-state index is 0.0219. The molecule has 1 aliphatic rings. The van der Waals surface area contributed by atoms with Gasteiger partial charge in [-0.2, -0.15) is 0 Å². The molecule has 0 N–H and O–H groups in total. The largest absolute Gasteiger partial charge is 0.289 e. The molecule has 110 valence electrons. The van der Waals surface area contributed by atoms with Gasteiger partial charge in [0.1, 0.15) is 0 Å². The number of carbonyl (C=O) groups excluding carboxylic acids is 2. The SMILES string of the molecule is O=C(/C=C1\SCC(=O)N1c1ccccc1)c1ccc(Cl)cc1. The van der Waals surface area contributed by atoms with Crippen LogP contribution in [0.2, 0.25) is 5.02 Å². The van der Waals surface area contributed by atoms with Gasteiger partial charge in [-0.3, -0.25) is 14.5 Å². The lowest BCUT2D eigenvalue weighted by Crippen LogP contribution is -2.24. The molecule has 3 rings (SSSR count). The number of para-hydroxylation sites is 1. The minimum atomic E-state index is -0.144. The second kappa shape index (κ2) is 6.38. The van der Waals surface area contributed by atoms with Crippen molar-refractivity contribution in [2.24, 2.45) is 0 Å². The lowest BCUT2D eigenvalue weighted by atomic mass is 10.1. The Labute approximate surface area is 137 Å². The van der Waals surface area contributed by atoms with E-state index in [0.29, 0.717) is 21.4 Å². The van der Waals surface area contributed by atoms with Gasteiger partial charge >= 0.3 is 0 Å². The zero-order chi connectivity index (χ0) is 15.5. The molecule has 1 amide bonds. The highest BCUT2D eigenvalue weighted by atomic mass is 35.5. The molecule has 0 unspecified atom stereocenters. The Balaban J connectivity index is 1.90. The zero-order valence-corrected chi connectivity index (χ0v) is 13.1. The predicted octanol–water partition coefficient (Wildman–Crippen LogP) is 4.14. The molecule has 1 heterocycles. The molecule has 0 spiro atoms. The minimum Gasteiger partial charge on any atom is -0.289 e. The van der Waals surface area contributed by atoms with Crippen LogP contribution >= 0.6 is 23.4 Å². The van der Waals surface area contributed by atoms with Gasteiger partial charge in [0.15, 0.2) is 5.78 Å². The van der Waals surface area contributed by atoms with Crippen LogP contribution in [0.5, 0.6) is 0 Å². The number of ketones is 1. The number of benzene rings is 2. The first-order valence-corrected chi connectivity index (χ1v) is 8.04. The number of halogens is 1. The van der Waals surface area contributed by atoms with Crippen LogP contribution in [0.25, 0.3) is 0 Å². The molecule has 1 aliphatic heterocycles. The van der Waals surface area contributed by atoms with Crippen molar-refractivity contribution in [3.63, 3.8) is 0 Å². The van der Waals surface area contributed by atoms with Crippen molar-refractivity contribution in [3.05, 3.63) is 76.3 Å². The molecule has 0 bridgehead atoms. The Kier molecular flexibility index (Phi) is 4.32. The van der Waals surface area contributed by atoms with Crippen molar-refractivity contribution in [1.82, 2.24) is 0 Å². The molecule has 0 aliphatic carbocycles. The number of nitrogens with zero attached hydrogens (tertiary/aromatic N) is 1. The van der Waals surface area contributed by atoms with E-state index >= 15 is 0 Å². The first-order valence-electron chi connectivity index (χ1n) is 6.67. The van der Waals surface area contributed by atoms with Crippen LogP contribution < -0.4 is 4.90 Å². The van der Waals surface area contributed by atoms with Gasteiger partial charge in [-0.15, -0.1) is 0 Å². The zero-order valence-electron chi connectivity index (χ0n) is 11.5. The number of hydrogen-bond acceptors (Lipinski definition) is 3. The number of allylic oxidation sites excluding steroid dienone is 1. The van der Waals surface area contributed by atoms with E-state index in [0.717, 1.165) is 5.69 Å². The van der Waals surface area contributed by atoms with Gasteiger partial charge in [0.05, 0.1) is 10.8 Å². The summed E-state index contributed by atoms with van der Waals surface area (Å²) in [6.07, 6.45) is 1.51. The Morgan fingerprint density at radius 2 is 1.77 bits per heavy atom. The number of anilines is 1. The van der Waals surface area contributed by atoms with Crippen LogP contribution in [0.3, 0.4) is 0 Å². The average molecular weight is 330 g/mol. The lowest BCUT2D eigenvalue weighted by molar-refractivity contribution is -0.115. The van der Waals surface area contributed by atoms with Gasteiger partial charge in [0.25, 0.3) is 0 Å². The fourth-order valence-corrected chi connectivity index (χ4v) is 3.20. The normalized spacial score (nSPS) is 16.3. The molecule has 22 heavy (non-hydrogen) atoms. The summed E-state index contributed by atoms with van der Waals surface area (Å²) in [7, 11) is 0. The van der Waals surface area contributed by atoms with Crippen molar-refractivity contribution in [2.75, 3.05) is 10.7 Å². The average Bonchev–Trinajstić information content (AvgIpc) is 2.89. The van der Waals surface area contributed by atoms with Crippen LogP contribution in [0.15, 0.2) is 65.7 Å². The first kappa shape index (κ1) is 14.9. The summed E-state index contributed by atoms with van der Waals surface area (Å²) in [6, 6.07) is 16.0. The Hall–Kier alpha value is -2.04. The van der Waals surface area contributed by atoms with Crippen LogP contribution in [0.1, 0.15) is 10.4 Å². The molecule has 5 heteroatoms. The summed E-state index contributed by atoms with van der Waals surface area (Å²) in [4.78, 5) is 26.0. The molecule has 0 radical (unpaired) electrons. The van der Waals surface area contributed by atoms with Gasteiger partial charge in [-0.05, 0) is 36.4 Å². The third kappa shape index (κ3) is 3.08. The fraction of sp³-hybridized carbons (Fsp3) is 0.0588. The number of thioether (sulfide) groups is 1. The summed E-state index contributed by atoms with van der Waals surface area (Å²) in [5.41, 5.74) is 1.32. The Morgan fingerprint density at radius 3 is 2.45 bits per heavy atom. The maximum absolute atomic E-state index is 12.3. The van der Waals surface area contributed by atoms with E-state index in [1.807, 2.05) is 30.3 Å². The van der Waals surface area contributed by atoms with Gasteiger partial charge in [-0.25, -0.2) is 0 Å². The number of carbonyl (C=O) groups is 2. The third-order valence-corrected chi connectivity index (χ3v) is 4.45. The summed E-state index contributed by atoms with van der Waals surface area (Å²) < 4.78 is 0. The van der Waals surface area contributed by atoms with Crippen molar-refractivity contribution in [1.29, 1.82) is 0 Å². The van der Waals surface area contributed by atoms with Crippen molar-refractivity contribution >= 4 is 40.7 Å². The molecule has 2 aromatic rings. The summed E-state index contributed by atoms with van der Waals surface area (Å²) >= 11 is 7.20. The summed E-state index contributed by atoms with van der Waals surface area (Å²) in [5.74, 6) is 0.176. The third-order valence-electron chi connectivity index (χ3n) is 3.21. The highest BCUT2D eigenvalue weighted by molar-refractivity contribution is 8.04. The van der Waals surface area contributed by atoms with E-state index < -0.39 is 0 Å². The summed E-state index contributed by atoms with van der Waals surface area (Å²) in [6.45, 7) is 0. The number of hydrogen-bond donors (Lipinski definition) is 0. The second-order valence-electron chi connectivity index (χ2n) is 4.71. The number of amides is 1. The maximum atomic E-state index is 12.3. The van der Waals surface area contributed by atoms with E-state index in [1.54, 1.807) is 29.2 Å². The lowest BCUT2D eigenvalue weighted by Gasteiger charge is -2.16. The van der Waals surface area contributed by atoms with Gasteiger partial charge in [0.2, 0.25) is 5.91 Å². The molecule has 0 atom stereocenters. The molecule has 0 aromatic heterocycles. The van der Waals surface area contributed by atoms with E-state index in [1.165, 1.54) is 17.8 Å². The van der Waals surface area contributed by atoms with E-state index in [9.17, 15) is 9.59 Å². The van der Waals surface area contributed by atoms with Gasteiger partial charge < -0.3 is 0 Å². The number of rotatable bonds is 3. The van der Waals surface area contributed by atoms with E-state index in [2.05, 4.69) is 0 Å². The summed E-state index contributed by atoms with van der Waals surface area (Å²) in [5, 5.41) is 1.23. The van der Waals surface area contributed by atoms with E-state index in [4.69, 9.17) is 11.6 Å². The van der Waals surface area contributed by atoms with Crippen LogP contribution in [-0.2, 0) is 4.79 Å². The fourth-order valence-electron chi connectivity index (χ4n) is 2.15. The molecule has 1 saturated heterocycles. The molecule has 1 fully saturated rings. The standard InChI is InChI=1S/C17H12ClNO2S/c18-13-8-6-12(7-9-13)15(20)10-17-19(16(21)11-22-17)14-4-2-1-3-5-14/h1-10H,11H2/b17-10-. The van der Waals surface area contributed by atoms with Crippen LogP contribution in [0.4, 0.5) is 5.69 Å². The van der Waals surface area contributed by atoms with Crippen LogP contribution in [-0.4, -0.2) is 17.4 Å². The quantitative estimate of drug-likeness (QED) is 0.627. The van der Waals surface area contributed by atoms with E-state index in [-0.39, 0.29) is 11.7 Å². The highest BCUT2D eigenvalue weighted by Gasteiger charge is 2.28. The van der Waals surface area contributed by atoms with Crippen molar-refractivity contribution in [3.8, 4) is 0 Å². The molecule has 0 saturated carbocycles. The smallest absolute Gasteiger partial charge is 0.242 e. The first-order chi connectivity index (χ1) is 10.6. The maximum Gasteiger partial charge on any atom is 0.242 e. The second-order valence-corrected chi connectivity index (χ2v) is 6.14. The topological polar surface area (TPSA) is 37.4 Å². The molecule has 3 nitrogen and oxygen atoms in total. The predicted molar refractivity (Wildman–Crippen MR) is 90.3 cm³/mol. The molecule has 2 aromatic carbocycles. The van der Waals surface area contributed by atoms with Crippen LogP contribution in [0, 0.1) is 0 Å². The van der Waals surface area contributed by atoms with Gasteiger partial charge in [-0.1, -0.05) is 41.6 Å². The molecular weight excluding hydrogens is 318 g/mol. The van der Waals surface area contributed by atoms with Crippen molar-refractivity contribution in [2.45, 2.75) is 0 Å². The monoisotopic (exact) mass is 329 g/mol. The highest BCUT2D eigenvalue weighted by Crippen LogP contribution is 2.33. The Morgan fingerprint density at radius 1 is 1.09 bits per heavy atom. The van der Waals surface area contributed by atoms with Crippen molar-refractivity contribution < 1.29 is 9.59 Å². The Bertz CT molecular complexity index is 741. The molecular formula is C17H12ClNO2S.